The monoisotopic (exact) mass is 398 g/mol. The van der Waals surface area contributed by atoms with Gasteiger partial charge in [0.05, 0.1) is 17.2 Å². The van der Waals surface area contributed by atoms with E-state index in [1.165, 1.54) is 38.4 Å². The van der Waals surface area contributed by atoms with E-state index in [2.05, 4.69) is 4.57 Å². The first-order chi connectivity index (χ1) is 13.5. The van der Waals surface area contributed by atoms with E-state index in [0.29, 0.717) is 10.8 Å². The standard InChI is InChI=1S/C22H26N2O3S/c1-28(26,27)19-9-7-17(8-10-19)21-12-11-20-18(15-25)14-24(22(20)23-21)13-16-5-3-2-4-6-16/h7-12,14,16,25H,2-6,13,15H2,1H3. The van der Waals surface area contributed by atoms with Gasteiger partial charge < -0.3 is 9.67 Å². The van der Waals surface area contributed by atoms with Gasteiger partial charge in [-0.1, -0.05) is 31.4 Å². The molecule has 3 aromatic rings. The SMILES string of the molecule is CS(=O)(=O)c1ccc(-c2ccc3c(CO)cn(CC4CCCCC4)c3n2)cc1. The summed E-state index contributed by atoms with van der Waals surface area (Å²) in [4.78, 5) is 5.18. The molecule has 5 nitrogen and oxygen atoms in total. The molecule has 0 amide bonds. The Bertz CT molecular complexity index is 1080. The van der Waals surface area contributed by atoms with Crippen LogP contribution in [0.4, 0.5) is 0 Å². The minimum absolute atomic E-state index is 0.00174. The van der Waals surface area contributed by atoms with Gasteiger partial charge in [-0.3, -0.25) is 0 Å². The lowest BCUT2D eigenvalue weighted by Gasteiger charge is -2.22. The summed E-state index contributed by atoms with van der Waals surface area (Å²) in [7, 11) is -3.21. The predicted molar refractivity (Wildman–Crippen MR) is 111 cm³/mol. The average molecular weight is 399 g/mol. The summed E-state index contributed by atoms with van der Waals surface area (Å²) in [5, 5.41) is 10.7. The van der Waals surface area contributed by atoms with Crippen LogP contribution in [-0.4, -0.2) is 29.3 Å². The molecule has 1 aliphatic rings. The molecule has 0 bridgehead atoms. The lowest BCUT2D eigenvalue weighted by atomic mass is 9.89. The van der Waals surface area contributed by atoms with Crippen LogP contribution in [0.15, 0.2) is 47.5 Å². The number of aliphatic hydroxyl groups excluding tert-OH is 1. The molecule has 0 atom stereocenters. The van der Waals surface area contributed by atoms with Crippen molar-refractivity contribution in [1.29, 1.82) is 0 Å². The van der Waals surface area contributed by atoms with Crippen molar-refractivity contribution in [3.63, 3.8) is 0 Å². The van der Waals surface area contributed by atoms with Crippen molar-refractivity contribution in [2.24, 2.45) is 5.92 Å². The maximum absolute atomic E-state index is 11.7. The average Bonchev–Trinajstić information content (AvgIpc) is 3.05. The Balaban J connectivity index is 1.71. The van der Waals surface area contributed by atoms with E-state index in [4.69, 9.17) is 4.98 Å². The predicted octanol–water partition coefficient (Wildman–Crippen LogP) is 4.18. The van der Waals surface area contributed by atoms with Crippen molar-refractivity contribution < 1.29 is 13.5 Å². The first-order valence-electron chi connectivity index (χ1n) is 9.86. The van der Waals surface area contributed by atoms with Crippen molar-refractivity contribution in [1.82, 2.24) is 9.55 Å². The lowest BCUT2D eigenvalue weighted by Crippen LogP contribution is -2.13. The van der Waals surface area contributed by atoms with Crippen LogP contribution in [0.2, 0.25) is 0 Å². The van der Waals surface area contributed by atoms with Crippen LogP contribution < -0.4 is 0 Å². The number of sulfone groups is 1. The highest BCUT2D eigenvalue weighted by atomic mass is 32.2. The van der Waals surface area contributed by atoms with E-state index < -0.39 is 9.84 Å². The first kappa shape index (κ1) is 19.2. The van der Waals surface area contributed by atoms with E-state index in [1.807, 2.05) is 18.3 Å². The molecule has 1 N–H and O–H groups in total. The Kier molecular flexibility index (Phi) is 5.25. The van der Waals surface area contributed by atoms with Crippen LogP contribution in [0.5, 0.6) is 0 Å². The number of pyridine rings is 1. The van der Waals surface area contributed by atoms with E-state index in [-0.39, 0.29) is 6.61 Å². The molecule has 0 radical (unpaired) electrons. The molecular weight excluding hydrogens is 372 g/mol. The van der Waals surface area contributed by atoms with Crippen LogP contribution in [-0.2, 0) is 23.0 Å². The Labute approximate surface area is 166 Å². The molecule has 0 unspecified atom stereocenters. The third kappa shape index (κ3) is 3.84. The Morgan fingerprint density at radius 2 is 1.79 bits per heavy atom. The third-order valence-electron chi connectivity index (χ3n) is 5.73. The first-order valence-corrected chi connectivity index (χ1v) is 11.7. The smallest absolute Gasteiger partial charge is 0.175 e. The summed E-state index contributed by atoms with van der Waals surface area (Å²) in [6.45, 7) is 0.929. The van der Waals surface area contributed by atoms with Gasteiger partial charge in [0.15, 0.2) is 9.84 Å². The molecule has 148 valence electrons. The topological polar surface area (TPSA) is 72.2 Å². The number of nitrogens with zero attached hydrogens (tertiary/aromatic N) is 2. The molecular formula is C22H26N2O3S. The number of fused-ring (bicyclic) bond motifs is 1. The fourth-order valence-electron chi connectivity index (χ4n) is 4.18. The van der Waals surface area contributed by atoms with E-state index >= 15 is 0 Å². The molecule has 28 heavy (non-hydrogen) atoms. The molecule has 0 saturated heterocycles. The van der Waals surface area contributed by atoms with E-state index in [1.54, 1.807) is 24.3 Å². The number of rotatable bonds is 5. The molecule has 1 aromatic carbocycles. The third-order valence-corrected chi connectivity index (χ3v) is 6.86. The Morgan fingerprint density at radius 1 is 1.07 bits per heavy atom. The summed E-state index contributed by atoms with van der Waals surface area (Å²) in [6.07, 6.45) is 9.66. The highest BCUT2D eigenvalue weighted by Crippen LogP contribution is 2.29. The molecule has 2 aromatic heterocycles. The number of aromatic nitrogens is 2. The maximum Gasteiger partial charge on any atom is 0.175 e. The van der Waals surface area contributed by atoms with E-state index in [9.17, 15) is 13.5 Å². The summed E-state index contributed by atoms with van der Waals surface area (Å²) in [6, 6.07) is 10.8. The molecule has 2 heterocycles. The molecule has 1 saturated carbocycles. The summed E-state index contributed by atoms with van der Waals surface area (Å²) in [5.41, 5.74) is 3.47. The normalized spacial score (nSPS) is 15.9. The molecule has 4 rings (SSSR count). The van der Waals surface area contributed by atoms with Gasteiger partial charge in [0.2, 0.25) is 0 Å². The van der Waals surface area contributed by atoms with Gasteiger partial charge in [0, 0.05) is 35.5 Å². The van der Waals surface area contributed by atoms with Crippen LogP contribution in [0.1, 0.15) is 37.7 Å². The number of hydrogen-bond donors (Lipinski definition) is 1. The maximum atomic E-state index is 11.7. The molecule has 1 fully saturated rings. The summed E-state index contributed by atoms with van der Waals surface area (Å²) < 4.78 is 25.6. The van der Waals surface area contributed by atoms with Crippen LogP contribution in [0.25, 0.3) is 22.3 Å². The fraction of sp³-hybridized carbons (Fsp3) is 0.409. The minimum Gasteiger partial charge on any atom is -0.392 e. The van der Waals surface area contributed by atoms with Crippen molar-refractivity contribution in [3.8, 4) is 11.3 Å². The van der Waals surface area contributed by atoms with Crippen molar-refractivity contribution in [2.75, 3.05) is 6.26 Å². The molecule has 0 spiro atoms. The zero-order valence-electron chi connectivity index (χ0n) is 16.1. The quantitative estimate of drug-likeness (QED) is 0.700. The second-order valence-corrected chi connectivity index (χ2v) is 9.85. The summed E-state index contributed by atoms with van der Waals surface area (Å²) in [5.74, 6) is 0.662. The van der Waals surface area contributed by atoms with E-state index in [0.717, 1.165) is 34.4 Å². The number of aliphatic hydroxyl groups is 1. The zero-order valence-corrected chi connectivity index (χ0v) is 17.0. The van der Waals surface area contributed by atoms with Gasteiger partial charge in [0.25, 0.3) is 0 Å². The van der Waals surface area contributed by atoms with Crippen LogP contribution in [0, 0.1) is 5.92 Å². The molecule has 1 aliphatic carbocycles. The lowest BCUT2D eigenvalue weighted by molar-refractivity contribution is 0.282. The number of hydrogen-bond acceptors (Lipinski definition) is 4. The highest BCUT2D eigenvalue weighted by Gasteiger charge is 2.17. The van der Waals surface area contributed by atoms with Crippen molar-refractivity contribution in [2.45, 2.75) is 50.2 Å². The van der Waals surface area contributed by atoms with Gasteiger partial charge in [0.1, 0.15) is 5.65 Å². The molecule has 6 heteroatoms. The van der Waals surface area contributed by atoms with Gasteiger partial charge in [-0.2, -0.15) is 0 Å². The largest absolute Gasteiger partial charge is 0.392 e. The zero-order chi connectivity index (χ0) is 19.7. The van der Waals surface area contributed by atoms with Gasteiger partial charge in [-0.05, 0) is 43.0 Å². The number of benzene rings is 1. The highest BCUT2D eigenvalue weighted by molar-refractivity contribution is 7.90. The van der Waals surface area contributed by atoms with Gasteiger partial charge in [-0.15, -0.1) is 0 Å². The van der Waals surface area contributed by atoms with Gasteiger partial charge in [-0.25, -0.2) is 13.4 Å². The second kappa shape index (κ2) is 7.68. The minimum atomic E-state index is -3.21. The second-order valence-electron chi connectivity index (χ2n) is 7.83. The van der Waals surface area contributed by atoms with Crippen LogP contribution >= 0.6 is 0 Å². The summed E-state index contributed by atoms with van der Waals surface area (Å²) >= 11 is 0. The van der Waals surface area contributed by atoms with Crippen LogP contribution in [0.3, 0.4) is 0 Å². The van der Waals surface area contributed by atoms with Crippen molar-refractivity contribution >= 4 is 20.9 Å². The molecule has 0 aliphatic heterocycles. The Hall–Kier alpha value is -2.18. The van der Waals surface area contributed by atoms with Gasteiger partial charge >= 0.3 is 0 Å². The Morgan fingerprint density at radius 3 is 2.43 bits per heavy atom. The fourth-order valence-corrected chi connectivity index (χ4v) is 4.81. The van der Waals surface area contributed by atoms with Crippen molar-refractivity contribution in [3.05, 3.63) is 48.2 Å².